The van der Waals surface area contributed by atoms with Gasteiger partial charge < -0.3 is 4.74 Å². The van der Waals surface area contributed by atoms with Crippen LogP contribution in [-0.4, -0.2) is 19.3 Å². The zero-order valence-electron chi connectivity index (χ0n) is 11.0. The second-order valence-electron chi connectivity index (χ2n) is 5.12. The Morgan fingerprint density at radius 1 is 1.22 bits per heavy atom. The van der Waals surface area contributed by atoms with E-state index in [9.17, 15) is 4.79 Å². The first-order chi connectivity index (χ1) is 8.68. The van der Waals surface area contributed by atoms with Crippen molar-refractivity contribution in [2.45, 2.75) is 38.1 Å². The van der Waals surface area contributed by atoms with Crippen LogP contribution in [0.3, 0.4) is 0 Å². The number of ether oxygens (including phenoxy) is 1. The number of isocyanates is 1. The second kappa shape index (κ2) is 5.47. The molecule has 1 aliphatic heterocycles. The van der Waals surface area contributed by atoms with Crippen LogP contribution in [0, 0.1) is 0 Å². The van der Waals surface area contributed by atoms with E-state index in [0.29, 0.717) is 19.1 Å². The minimum atomic E-state index is -0.421. The summed E-state index contributed by atoms with van der Waals surface area (Å²) in [5, 5.41) is 0. The lowest BCUT2D eigenvalue weighted by molar-refractivity contribution is 0.0531. The van der Waals surface area contributed by atoms with Crippen molar-refractivity contribution in [2.24, 2.45) is 4.99 Å². The number of hydrogen-bond acceptors (Lipinski definition) is 3. The molecule has 0 spiro atoms. The molecule has 1 aromatic rings. The summed E-state index contributed by atoms with van der Waals surface area (Å²) < 4.78 is 5.36. The van der Waals surface area contributed by atoms with Crippen molar-refractivity contribution >= 4 is 6.08 Å². The molecule has 0 saturated carbocycles. The maximum atomic E-state index is 10.7. The summed E-state index contributed by atoms with van der Waals surface area (Å²) in [4.78, 5) is 14.8. The Morgan fingerprint density at radius 3 is 2.33 bits per heavy atom. The highest BCUT2D eigenvalue weighted by Crippen LogP contribution is 2.36. The van der Waals surface area contributed by atoms with Gasteiger partial charge in [-0.05, 0) is 17.0 Å². The summed E-state index contributed by atoms with van der Waals surface area (Å²) in [5.41, 5.74) is 1.98. The Morgan fingerprint density at radius 2 is 1.83 bits per heavy atom. The van der Waals surface area contributed by atoms with E-state index in [1.165, 1.54) is 5.56 Å². The van der Waals surface area contributed by atoms with Crippen molar-refractivity contribution < 1.29 is 9.53 Å². The maximum absolute atomic E-state index is 10.7. The van der Waals surface area contributed by atoms with Crippen LogP contribution in [0.25, 0.3) is 0 Å². The van der Waals surface area contributed by atoms with E-state index in [1.54, 1.807) is 6.08 Å². The van der Waals surface area contributed by atoms with Gasteiger partial charge in [-0.15, -0.1) is 0 Å². The van der Waals surface area contributed by atoms with Gasteiger partial charge in [-0.1, -0.05) is 38.1 Å². The van der Waals surface area contributed by atoms with E-state index >= 15 is 0 Å². The number of hydrogen-bond donors (Lipinski definition) is 0. The minimum absolute atomic E-state index is 0.421. The molecule has 0 radical (unpaired) electrons. The van der Waals surface area contributed by atoms with Crippen LogP contribution < -0.4 is 0 Å². The molecule has 1 heterocycles. The quantitative estimate of drug-likeness (QED) is 0.606. The summed E-state index contributed by atoms with van der Waals surface area (Å²) in [5.74, 6) is 0.513. The average Bonchev–Trinajstić information content (AvgIpc) is 2.40. The smallest absolute Gasteiger partial charge is 0.235 e. The number of benzene rings is 1. The molecular formula is C15H19NO2. The zero-order chi connectivity index (χ0) is 13.0. The van der Waals surface area contributed by atoms with Gasteiger partial charge in [0.05, 0.1) is 0 Å². The van der Waals surface area contributed by atoms with Crippen molar-refractivity contribution in [3.05, 3.63) is 35.4 Å². The van der Waals surface area contributed by atoms with Gasteiger partial charge in [0.25, 0.3) is 0 Å². The van der Waals surface area contributed by atoms with Gasteiger partial charge in [0.1, 0.15) is 5.54 Å². The number of rotatable bonds is 3. The predicted molar refractivity (Wildman–Crippen MR) is 70.4 cm³/mol. The van der Waals surface area contributed by atoms with Crippen molar-refractivity contribution in [1.82, 2.24) is 0 Å². The lowest BCUT2D eigenvalue weighted by Gasteiger charge is -2.32. The Kier molecular flexibility index (Phi) is 3.95. The third-order valence-corrected chi connectivity index (χ3v) is 3.69. The van der Waals surface area contributed by atoms with E-state index in [-0.39, 0.29) is 0 Å². The molecule has 1 fully saturated rings. The normalized spacial score (nSPS) is 18.4. The summed E-state index contributed by atoms with van der Waals surface area (Å²) in [6.07, 6.45) is 3.24. The van der Waals surface area contributed by atoms with E-state index in [1.807, 2.05) is 0 Å². The first kappa shape index (κ1) is 13.0. The van der Waals surface area contributed by atoms with E-state index in [0.717, 1.165) is 18.4 Å². The van der Waals surface area contributed by atoms with Crippen LogP contribution in [-0.2, 0) is 15.1 Å². The molecule has 96 valence electrons. The molecule has 0 N–H and O–H groups in total. The lowest BCUT2D eigenvalue weighted by Crippen LogP contribution is -2.31. The fourth-order valence-electron chi connectivity index (χ4n) is 2.44. The predicted octanol–water partition coefficient (Wildman–Crippen LogP) is 3.15. The fourth-order valence-corrected chi connectivity index (χ4v) is 2.44. The first-order valence-corrected chi connectivity index (χ1v) is 6.45. The Labute approximate surface area is 108 Å². The molecule has 0 unspecified atom stereocenters. The lowest BCUT2D eigenvalue weighted by atomic mass is 9.82. The third-order valence-electron chi connectivity index (χ3n) is 3.69. The molecule has 1 saturated heterocycles. The molecule has 1 aromatic carbocycles. The monoisotopic (exact) mass is 245 g/mol. The SMILES string of the molecule is CC(C)c1ccc(C2(N=C=O)CCOCC2)cc1. The van der Waals surface area contributed by atoms with Crippen molar-refractivity contribution in [3.8, 4) is 0 Å². The van der Waals surface area contributed by atoms with E-state index in [4.69, 9.17) is 4.74 Å². The topological polar surface area (TPSA) is 38.7 Å². The third kappa shape index (κ3) is 2.53. The average molecular weight is 245 g/mol. The summed E-state index contributed by atoms with van der Waals surface area (Å²) in [7, 11) is 0. The van der Waals surface area contributed by atoms with Crippen LogP contribution >= 0.6 is 0 Å². The van der Waals surface area contributed by atoms with Crippen molar-refractivity contribution in [3.63, 3.8) is 0 Å². The van der Waals surface area contributed by atoms with Crippen LogP contribution in [0.2, 0.25) is 0 Å². The molecule has 0 amide bonds. The number of nitrogens with zero attached hydrogens (tertiary/aromatic N) is 1. The largest absolute Gasteiger partial charge is 0.381 e. The fraction of sp³-hybridized carbons (Fsp3) is 0.533. The highest BCUT2D eigenvalue weighted by atomic mass is 16.5. The van der Waals surface area contributed by atoms with Crippen LogP contribution in [0.5, 0.6) is 0 Å². The Hall–Kier alpha value is -1.44. The highest BCUT2D eigenvalue weighted by molar-refractivity contribution is 5.39. The van der Waals surface area contributed by atoms with Crippen LogP contribution in [0.1, 0.15) is 43.7 Å². The molecule has 1 aliphatic rings. The molecule has 0 aromatic heterocycles. The van der Waals surface area contributed by atoms with Gasteiger partial charge >= 0.3 is 0 Å². The molecule has 3 heteroatoms. The zero-order valence-corrected chi connectivity index (χ0v) is 11.0. The maximum Gasteiger partial charge on any atom is 0.235 e. The van der Waals surface area contributed by atoms with Gasteiger partial charge in [-0.2, -0.15) is 4.99 Å². The molecule has 3 nitrogen and oxygen atoms in total. The highest BCUT2D eigenvalue weighted by Gasteiger charge is 2.34. The van der Waals surface area contributed by atoms with Gasteiger partial charge in [0.2, 0.25) is 6.08 Å². The molecule has 0 atom stereocenters. The Balaban J connectivity index is 2.33. The van der Waals surface area contributed by atoms with Gasteiger partial charge in [0, 0.05) is 26.1 Å². The molecule has 2 rings (SSSR count). The first-order valence-electron chi connectivity index (χ1n) is 6.45. The number of aliphatic imine (C=N–C) groups is 1. The summed E-state index contributed by atoms with van der Waals surface area (Å²) in [6, 6.07) is 8.41. The van der Waals surface area contributed by atoms with Crippen LogP contribution in [0.4, 0.5) is 0 Å². The second-order valence-corrected chi connectivity index (χ2v) is 5.12. The summed E-state index contributed by atoms with van der Waals surface area (Å²) >= 11 is 0. The molecule has 18 heavy (non-hydrogen) atoms. The van der Waals surface area contributed by atoms with Gasteiger partial charge in [-0.3, -0.25) is 0 Å². The molecule has 0 aliphatic carbocycles. The van der Waals surface area contributed by atoms with Crippen LogP contribution in [0.15, 0.2) is 29.3 Å². The van der Waals surface area contributed by atoms with Gasteiger partial charge in [-0.25, -0.2) is 4.79 Å². The van der Waals surface area contributed by atoms with E-state index < -0.39 is 5.54 Å². The number of carbonyl (C=O) groups excluding carboxylic acids is 1. The van der Waals surface area contributed by atoms with Gasteiger partial charge in [0.15, 0.2) is 0 Å². The Bertz CT molecular complexity index is 438. The van der Waals surface area contributed by atoms with E-state index in [2.05, 4.69) is 43.1 Å². The van der Waals surface area contributed by atoms with Crippen molar-refractivity contribution in [2.75, 3.05) is 13.2 Å². The molecule has 0 bridgehead atoms. The standard InChI is InChI=1S/C15H19NO2/c1-12(2)13-3-5-14(6-4-13)15(16-11-17)7-9-18-10-8-15/h3-6,12H,7-10H2,1-2H3. The molecular weight excluding hydrogens is 226 g/mol. The van der Waals surface area contributed by atoms with Crippen molar-refractivity contribution in [1.29, 1.82) is 0 Å². The summed E-state index contributed by atoms with van der Waals surface area (Å²) in [6.45, 7) is 5.64. The minimum Gasteiger partial charge on any atom is -0.381 e.